The Hall–Kier alpha value is -2.93. The van der Waals surface area contributed by atoms with Crippen molar-refractivity contribution in [3.63, 3.8) is 0 Å². The van der Waals surface area contributed by atoms with E-state index in [1.54, 1.807) is 36.5 Å². The number of carbonyl (C=O) groups is 2. The number of hydrogen-bond acceptors (Lipinski definition) is 4. The van der Waals surface area contributed by atoms with E-state index in [-0.39, 0.29) is 22.6 Å². The first kappa shape index (κ1) is 18.4. The average Bonchev–Trinajstić information content (AvgIpc) is 2.99. The number of hydrogen-bond donors (Lipinski definition) is 1. The van der Waals surface area contributed by atoms with Crippen LogP contribution >= 0.6 is 15.9 Å². The highest BCUT2D eigenvalue weighted by Crippen LogP contribution is 2.33. The quantitative estimate of drug-likeness (QED) is 0.626. The lowest BCUT2D eigenvalue weighted by atomic mass is 10.1. The Kier molecular flexibility index (Phi) is 4.55. The third-order valence-electron chi connectivity index (χ3n) is 4.98. The highest BCUT2D eigenvalue weighted by atomic mass is 79.9. The molecular formula is C21H17BrN2O4. The topological polar surface area (TPSA) is 77.4 Å². The second-order valence-electron chi connectivity index (χ2n) is 6.78. The molecule has 0 saturated heterocycles. The van der Waals surface area contributed by atoms with Crippen LogP contribution in [0, 0.1) is 0 Å². The summed E-state index contributed by atoms with van der Waals surface area (Å²) in [5, 5.41) is 3.18. The van der Waals surface area contributed by atoms with Crippen molar-refractivity contribution in [2.24, 2.45) is 0 Å². The molecule has 0 bridgehead atoms. The Labute approximate surface area is 169 Å². The molecule has 2 aromatic carbocycles. The number of carbonyl (C=O) groups excluding carboxylic acids is 2. The molecule has 7 heteroatoms. The summed E-state index contributed by atoms with van der Waals surface area (Å²) >= 11 is 3.45. The molecule has 3 aromatic rings. The van der Waals surface area contributed by atoms with Gasteiger partial charge >= 0.3 is 5.97 Å². The molecule has 1 amide bonds. The maximum Gasteiger partial charge on any atom is 0.339 e. The predicted molar refractivity (Wildman–Crippen MR) is 110 cm³/mol. The van der Waals surface area contributed by atoms with Crippen LogP contribution in [0.2, 0.25) is 0 Å². The standard InChI is InChI=1S/C21H17BrN2O4/c1-11-7-12-8-13(22)9-15-18(12)24(11)10-16(19(15)25)20(26)23-17-6-4-3-5-14(17)21(27)28-2/h3-6,8-11H,7H2,1-2H3,(H,23,26)/t11-/m1/s1. The molecule has 0 aliphatic carbocycles. The number of ether oxygens (including phenoxy) is 1. The van der Waals surface area contributed by atoms with Crippen molar-refractivity contribution in [3.8, 4) is 0 Å². The van der Waals surface area contributed by atoms with Gasteiger partial charge in [0.15, 0.2) is 0 Å². The van der Waals surface area contributed by atoms with Crippen LogP contribution in [0.15, 0.2) is 51.9 Å². The van der Waals surface area contributed by atoms with Crippen LogP contribution in [-0.2, 0) is 11.2 Å². The normalized spacial score (nSPS) is 14.9. The molecule has 0 radical (unpaired) electrons. The van der Waals surface area contributed by atoms with E-state index in [1.807, 2.05) is 17.6 Å². The first-order valence-corrected chi connectivity index (χ1v) is 9.56. The summed E-state index contributed by atoms with van der Waals surface area (Å²) in [6.07, 6.45) is 2.40. The summed E-state index contributed by atoms with van der Waals surface area (Å²) < 4.78 is 7.53. The van der Waals surface area contributed by atoms with Gasteiger partial charge in [0, 0.05) is 22.1 Å². The number of esters is 1. The average molecular weight is 441 g/mol. The van der Waals surface area contributed by atoms with Crippen LogP contribution in [0.5, 0.6) is 0 Å². The maximum atomic E-state index is 13.0. The first-order valence-electron chi connectivity index (χ1n) is 8.76. The van der Waals surface area contributed by atoms with Crippen molar-refractivity contribution >= 4 is 44.4 Å². The number of methoxy groups -OCH3 is 1. The van der Waals surface area contributed by atoms with Gasteiger partial charge in [-0.15, -0.1) is 0 Å². The molecule has 0 saturated carbocycles. The van der Waals surface area contributed by atoms with Crippen molar-refractivity contribution in [1.82, 2.24) is 4.57 Å². The van der Waals surface area contributed by atoms with Gasteiger partial charge in [-0.2, -0.15) is 0 Å². The van der Waals surface area contributed by atoms with E-state index in [0.29, 0.717) is 11.1 Å². The minimum atomic E-state index is -0.563. The van der Waals surface area contributed by atoms with Gasteiger partial charge in [0.2, 0.25) is 5.43 Å². The van der Waals surface area contributed by atoms with E-state index in [9.17, 15) is 14.4 Å². The van der Waals surface area contributed by atoms with Crippen LogP contribution in [0.3, 0.4) is 0 Å². The van der Waals surface area contributed by atoms with Crippen molar-refractivity contribution in [2.45, 2.75) is 19.4 Å². The van der Waals surface area contributed by atoms with E-state index < -0.39 is 11.9 Å². The second kappa shape index (κ2) is 6.91. The molecule has 0 fully saturated rings. The lowest BCUT2D eigenvalue weighted by Gasteiger charge is -2.14. The first-order chi connectivity index (χ1) is 13.4. The number of nitrogens with one attached hydrogen (secondary N) is 1. The monoisotopic (exact) mass is 440 g/mol. The summed E-state index contributed by atoms with van der Waals surface area (Å²) in [7, 11) is 1.27. The zero-order valence-electron chi connectivity index (χ0n) is 15.3. The third-order valence-corrected chi connectivity index (χ3v) is 5.44. The number of pyridine rings is 1. The molecule has 4 rings (SSSR count). The van der Waals surface area contributed by atoms with Crippen molar-refractivity contribution < 1.29 is 14.3 Å². The van der Waals surface area contributed by atoms with E-state index in [4.69, 9.17) is 4.74 Å². The smallest absolute Gasteiger partial charge is 0.339 e. The molecular weight excluding hydrogens is 424 g/mol. The van der Waals surface area contributed by atoms with Gasteiger partial charge in [0.1, 0.15) is 5.56 Å². The lowest BCUT2D eigenvalue weighted by Crippen LogP contribution is -2.24. The Bertz CT molecular complexity index is 1200. The largest absolute Gasteiger partial charge is 0.465 e. The van der Waals surface area contributed by atoms with Gasteiger partial charge < -0.3 is 14.6 Å². The number of benzene rings is 2. The summed E-state index contributed by atoms with van der Waals surface area (Å²) in [4.78, 5) is 37.9. The van der Waals surface area contributed by atoms with Crippen molar-refractivity contribution in [2.75, 3.05) is 12.4 Å². The zero-order chi connectivity index (χ0) is 20.0. The molecule has 1 aliphatic heterocycles. The molecule has 2 heterocycles. The number of halogens is 1. The fraction of sp³-hybridized carbons (Fsp3) is 0.190. The molecule has 1 atom stereocenters. The SMILES string of the molecule is COC(=O)c1ccccc1NC(=O)c1cn2c3c(cc(Br)cc3c1=O)C[C@H]2C. The van der Waals surface area contributed by atoms with Gasteiger partial charge in [-0.25, -0.2) is 4.79 Å². The van der Waals surface area contributed by atoms with E-state index in [2.05, 4.69) is 21.2 Å². The predicted octanol–water partition coefficient (Wildman–Crippen LogP) is 3.92. The highest BCUT2D eigenvalue weighted by Gasteiger charge is 2.25. The fourth-order valence-electron chi connectivity index (χ4n) is 3.69. The van der Waals surface area contributed by atoms with Crippen molar-refractivity contribution in [3.05, 3.63) is 74.0 Å². The summed E-state index contributed by atoms with van der Waals surface area (Å²) in [5.74, 6) is -1.13. The Morgan fingerprint density at radius 1 is 1.21 bits per heavy atom. The van der Waals surface area contributed by atoms with Crippen molar-refractivity contribution in [1.29, 1.82) is 0 Å². The van der Waals surface area contributed by atoms with Crippen LogP contribution in [0.4, 0.5) is 5.69 Å². The summed E-state index contributed by atoms with van der Waals surface area (Å²) in [6, 6.07) is 10.4. The third kappa shape index (κ3) is 2.92. The van der Waals surface area contributed by atoms with E-state index in [1.165, 1.54) is 7.11 Å². The van der Waals surface area contributed by atoms with Gasteiger partial charge in [-0.1, -0.05) is 28.1 Å². The molecule has 0 unspecified atom stereocenters. The number of anilines is 1. The number of nitrogens with zero attached hydrogens (tertiary/aromatic N) is 1. The zero-order valence-corrected chi connectivity index (χ0v) is 16.9. The second-order valence-corrected chi connectivity index (χ2v) is 7.70. The lowest BCUT2D eigenvalue weighted by molar-refractivity contribution is 0.0602. The number of aromatic nitrogens is 1. The summed E-state index contributed by atoms with van der Waals surface area (Å²) in [5.41, 5.74) is 2.16. The number of rotatable bonds is 3. The van der Waals surface area contributed by atoms with E-state index >= 15 is 0 Å². The fourth-order valence-corrected chi connectivity index (χ4v) is 4.20. The van der Waals surface area contributed by atoms with Gasteiger partial charge in [0.05, 0.1) is 23.9 Å². The van der Waals surface area contributed by atoms with Gasteiger partial charge in [-0.05, 0) is 43.2 Å². The Morgan fingerprint density at radius 3 is 2.71 bits per heavy atom. The highest BCUT2D eigenvalue weighted by molar-refractivity contribution is 9.10. The molecule has 1 aliphatic rings. The van der Waals surface area contributed by atoms with Gasteiger partial charge in [-0.3, -0.25) is 9.59 Å². The molecule has 142 valence electrons. The molecule has 1 N–H and O–H groups in total. The Balaban J connectivity index is 1.82. The van der Waals surface area contributed by atoms with Crippen LogP contribution in [0.25, 0.3) is 10.9 Å². The molecule has 1 aromatic heterocycles. The minimum absolute atomic E-state index is 0.0324. The maximum absolute atomic E-state index is 13.0. The molecule has 28 heavy (non-hydrogen) atoms. The molecule has 6 nitrogen and oxygen atoms in total. The number of para-hydroxylation sites is 1. The molecule has 0 spiro atoms. The van der Waals surface area contributed by atoms with Crippen LogP contribution in [-0.4, -0.2) is 23.6 Å². The summed E-state index contributed by atoms with van der Waals surface area (Å²) in [6.45, 7) is 2.05. The van der Waals surface area contributed by atoms with Crippen LogP contribution < -0.4 is 10.7 Å². The van der Waals surface area contributed by atoms with E-state index in [0.717, 1.165) is 22.0 Å². The van der Waals surface area contributed by atoms with Gasteiger partial charge in [0.25, 0.3) is 5.91 Å². The minimum Gasteiger partial charge on any atom is -0.465 e. The number of amides is 1. The Morgan fingerprint density at radius 2 is 1.96 bits per heavy atom. The van der Waals surface area contributed by atoms with Crippen LogP contribution in [0.1, 0.15) is 39.2 Å².